The average molecular weight is 307 g/mol. The molecular weight excluding hydrogens is 282 g/mol. The van der Waals surface area contributed by atoms with E-state index in [2.05, 4.69) is 11.9 Å². The highest BCUT2D eigenvalue weighted by Crippen LogP contribution is 2.28. The molecule has 1 rings (SSSR count). The van der Waals surface area contributed by atoms with E-state index < -0.39 is 6.10 Å². The molecule has 0 radical (unpaired) electrons. The van der Waals surface area contributed by atoms with E-state index in [0.29, 0.717) is 18.0 Å². The maximum Gasteiger partial charge on any atom is 0.194 e. The van der Waals surface area contributed by atoms with Crippen molar-refractivity contribution in [2.75, 3.05) is 13.2 Å². The standard InChI is InChI=1S/C17H25NO4/c1-12(19)13(2)22-16-9-7-6-8-15(16)21-11-14(20)10-18-17(3,4)5/h6-9,14,18,20H,2,10-11H2,1,3-5H3. The number of benzene rings is 1. The fraction of sp³-hybridized carbons (Fsp3) is 0.471. The summed E-state index contributed by atoms with van der Waals surface area (Å²) in [6, 6.07) is 6.96. The Morgan fingerprint density at radius 1 is 1.32 bits per heavy atom. The van der Waals surface area contributed by atoms with E-state index in [4.69, 9.17) is 9.47 Å². The van der Waals surface area contributed by atoms with Gasteiger partial charge in [0.1, 0.15) is 12.7 Å². The highest BCUT2D eigenvalue weighted by Gasteiger charge is 2.14. The van der Waals surface area contributed by atoms with E-state index in [1.165, 1.54) is 6.92 Å². The number of ketones is 1. The maximum absolute atomic E-state index is 11.2. The van der Waals surface area contributed by atoms with Gasteiger partial charge in [-0.15, -0.1) is 0 Å². The summed E-state index contributed by atoms with van der Waals surface area (Å²) in [5.74, 6) is 0.661. The maximum atomic E-state index is 11.2. The third-order valence-electron chi connectivity index (χ3n) is 2.77. The summed E-state index contributed by atoms with van der Waals surface area (Å²) in [5.41, 5.74) is -0.0682. The summed E-state index contributed by atoms with van der Waals surface area (Å²) >= 11 is 0. The summed E-state index contributed by atoms with van der Waals surface area (Å²) in [4.78, 5) is 11.2. The second-order valence-corrected chi connectivity index (χ2v) is 6.12. The number of carbonyl (C=O) groups excluding carboxylic acids is 1. The first-order valence-electron chi connectivity index (χ1n) is 7.21. The van der Waals surface area contributed by atoms with Crippen molar-refractivity contribution in [1.82, 2.24) is 5.32 Å². The van der Waals surface area contributed by atoms with Crippen LogP contribution in [-0.4, -0.2) is 35.7 Å². The number of rotatable bonds is 8. The van der Waals surface area contributed by atoms with E-state index in [1.54, 1.807) is 24.3 Å². The number of carbonyl (C=O) groups is 1. The molecule has 1 unspecified atom stereocenters. The molecule has 0 aromatic heterocycles. The van der Waals surface area contributed by atoms with Crippen LogP contribution < -0.4 is 14.8 Å². The largest absolute Gasteiger partial charge is 0.487 e. The van der Waals surface area contributed by atoms with Gasteiger partial charge in [0.15, 0.2) is 23.0 Å². The van der Waals surface area contributed by atoms with E-state index in [0.717, 1.165) is 0 Å². The molecule has 0 saturated carbocycles. The van der Waals surface area contributed by atoms with Crippen LogP contribution in [0, 0.1) is 0 Å². The molecule has 1 atom stereocenters. The topological polar surface area (TPSA) is 67.8 Å². The third-order valence-corrected chi connectivity index (χ3v) is 2.77. The molecule has 5 nitrogen and oxygen atoms in total. The summed E-state index contributed by atoms with van der Waals surface area (Å²) in [5, 5.41) is 13.1. The lowest BCUT2D eigenvalue weighted by atomic mass is 10.1. The Bertz CT molecular complexity index is 520. The lowest BCUT2D eigenvalue weighted by Crippen LogP contribution is -2.42. The van der Waals surface area contributed by atoms with Crippen LogP contribution in [0.15, 0.2) is 36.6 Å². The van der Waals surface area contributed by atoms with E-state index in [9.17, 15) is 9.90 Å². The summed E-state index contributed by atoms with van der Waals surface area (Å²) in [6.07, 6.45) is -0.650. The van der Waals surface area contributed by atoms with Crippen LogP contribution in [0.3, 0.4) is 0 Å². The van der Waals surface area contributed by atoms with Crippen molar-refractivity contribution < 1.29 is 19.4 Å². The van der Waals surface area contributed by atoms with Gasteiger partial charge in [0, 0.05) is 19.0 Å². The minimum Gasteiger partial charge on any atom is -0.487 e. The number of hydrogen-bond acceptors (Lipinski definition) is 5. The second-order valence-electron chi connectivity index (χ2n) is 6.12. The van der Waals surface area contributed by atoms with Gasteiger partial charge in [-0.05, 0) is 32.9 Å². The molecule has 22 heavy (non-hydrogen) atoms. The molecule has 1 aromatic carbocycles. The van der Waals surface area contributed by atoms with Crippen molar-refractivity contribution in [3.63, 3.8) is 0 Å². The zero-order valence-electron chi connectivity index (χ0n) is 13.7. The summed E-state index contributed by atoms with van der Waals surface area (Å²) < 4.78 is 11.0. The Hall–Kier alpha value is -1.85. The second kappa shape index (κ2) is 7.96. The smallest absolute Gasteiger partial charge is 0.194 e. The summed E-state index contributed by atoms with van der Waals surface area (Å²) in [6.45, 7) is 11.6. The molecule has 1 aromatic rings. The Kier molecular flexibility index (Phi) is 6.59. The van der Waals surface area contributed by atoms with Gasteiger partial charge >= 0.3 is 0 Å². The average Bonchev–Trinajstić information content (AvgIpc) is 2.43. The molecule has 0 heterocycles. The van der Waals surface area contributed by atoms with Crippen molar-refractivity contribution in [3.05, 3.63) is 36.6 Å². The van der Waals surface area contributed by atoms with Crippen LogP contribution in [0.2, 0.25) is 0 Å². The molecule has 0 amide bonds. The van der Waals surface area contributed by atoms with E-state index >= 15 is 0 Å². The van der Waals surface area contributed by atoms with Crippen LogP contribution in [0.25, 0.3) is 0 Å². The first kappa shape index (κ1) is 18.2. The number of Topliss-reactive ketones (excluding diaryl/α,β-unsaturated/α-hetero) is 1. The summed E-state index contributed by atoms with van der Waals surface area (Å²) in [7, 11) is 0. The molecule has 0 saturated heterocycles. The van der Waals surface area contributed by atoms with Crippen molar-refractivity contribution in [2.45, 2.75) is 39.3 Å². The third kappa shape index (κ3) is 6.74. The molecule has 122 valence electrons. The van der Waals surface area contributed by atoms with Gasteiger partial charge in [-0.3, -0.25) is 4.79 Å². The number of allylic oxidation sites excluding steroid dienone is 1. The molecule has 0 aliphatic carbocycles. The Morgan fingerprint density at radius 2 is 1.91 bits per heavy atom. The monoisotopic (exact) mass is 307 g/mol. The van der Waals surface area contributed by atoms with Gasteiger partial charge in [0.05, 0.1) is 0 Å². The molecule has 0 aliphatic heterocycles. The molecule has 0 fully saturated rings. The van der Waals surface area contributed by atoms with Crippen LogP contribution in [-0.2, 0) is 4.79 Å². The van der Waals surface area contributed by atoms with Gasteiger partial charge in [-0.2, -0.15) is 0 Å². The van der Waals surface area contributed by atoms with Crippen LogP contribution in [0.4, 0.5) is 0 Å². The van der Waals surface area contributed by atoms with Gasteiger partial charge < -0.3 is 19.9 Å². The number of aliphatic hydroxyl groups is 1. The predicted octanol–water partition coefficient (Wildman–Crippen LogP) is 2.30. The van der Waals surface area contributed by atoms with Gasteiger partial charge in [-0.1, -0.05) is 18.7 Å². The van der Waals surface area contributed by atoms with E-state index in [-0.39, 0.29) is 23.7 Å². The highest BCUT2D eigenvalue weighted by molar-refractivity contribution is 5.91. The number of ether oxygens (including phenoxy) is 2. The zero-order valence-corrected chi connectivity index (χ0v) is 13.7. The number of para-hydroxylation sites is 2. The number of hydrogen-bond donors (Lipinski definition) is 2. The fourth-order valence-electron chi connectivity index (χ4n) is 1.53. The number of aliphatic hydroxyl groups excluding tert-OH is 1. The van der Waals surface area contributed by atoms with Crippen LogP contribution in [0.1, 0.15) is 27.7 Å². The SMILES string of the molecule is C=C(Oc1ccccc1OCC(O)CNC(C)(C)C)C(C)=O. The lowest BCUT2D eigenvalue weighted by molar-refractivity contribution is -0.115. The van der Waals surface area contributed by atoms with Gasteiger partial charge in [-0.25, -0.2) is 0 Å². The first-order valence-corrected chi connectivity index (χ1v) is 7.21. The first-order chi connectivity index (χ1) is 10.2. The van der Waals surface area contributed by atoms with Crippen molar-refractivity contribution in [2.24, 2.45) is 0 Å². The van der Waals surface area contributed by atoms with Crippen molar-refractivity contribution in [1.29, 1.82) is 0 Å². The minimum atomic E-state index is -0.650. The Morgan fingerprint density at radius 3 is 2.45 bits per heavy atom. The Balaban J connectivity index is 2.59. The number of β-amino-alcohol motifs (C(OH)–C–C–N with tert-alkyl or cyclic N) is 1. The molecule has 0 aliphatic rings. The molecule has 0 bridgehead atoms. The quantitative estimate of drug-likeness (QED) is 0.570. The van der Waals surface area contributed by atoms with Gasteiger partial charge in [0.2, 0.25) is 0 Å². The van der Waals surface area contributed by atoms with Crippen molar-refractivity contribution in [3.8, 4) is 11.5 Å². The fourth-order valence-corrected chi connectivity index (χ4v) is 1.53. The lowest BCUT2D eigenvalue weighted by Gasteiger charge is -2.23. The minimum absolute atomic E-state index is 0.0472. The number of nitrogens with one attached hydrogen (secondary N) is 1. The van der Waals surface area contributed by atoms with Gasteiger partial charge in [0.25, 0.3) is 0 Å². The molecule has 0 spiro atoms. The van der Waals surface area contributed by atoms with E-state index in [1.807, 2.05) is 20.8 Å². The normalized spacial score (nSPS) is 12.6. The predicted molar refractivity (Wildman–Crippen MR) is 86.1 cm³/mol. The molecule has 2 N–H and O–H groups in total. The van der Waals surface area contributed by atoms with Crippen molar-refractivity contribution >= 4 is 5.78 Å². The molecular formula is C17H25NO4. The Labute approximate surface area is 131 Å². The van der Waals surface area contributed by atoms with Crippen LogP contribution in [0.5, 0.6) is 11.5 Å². The zero-order chi connectivity index (χ0) is 16.8. The molecule has 5 heteroatoms. The van der Waals surface area contributed by atoms with Crippen LogP contribution >= 0.6 is 0 Å². The highest BCUT2D eigenvalue weighted by atomic mass is 16.5.